The Labute approximate surface area is 225 Å². The summed E-state index contributed by atoms with van der Waals surface area (Å²) in [4.78, 5) is 35.2. The highest BCUT2D eigenvalue weighted by Crippen LogP contribution is 2.33. The van der Waals surface area contributed by atoms with Gasteiger partial charge in [0.05, 0.1) is 12.7 Å². The molecule has 0 bridgehead atoms. The Morgan fingerprint density at radius 1 is 1.18 bits per heavy atom. The number of ether oxygens (including phenoxy) is 3. The summed E-state index contributed by atoms with van der Waals surface area (Å²) >= 11 is 0. The van der Waals surface area contributed by atoms with Crippen molar-refractivity contribution in [2.24, 2.45) is 5.73 Å². The highest BCUT2D eigenvalue weighted by atomic mass is 19.3. The fourth-order valence-electron chi connectivity index (χ4n) is 3.68. The predicted octanol–water partition coefficient (Wildman–Crippen LogP) is 2.41. The number of nitrogens with two attached hydrogens (primary N) is 1. The number of nitrogen functional groups attached to an aromatic ring is 1. The number of nitrogens with one attached hydrogen (secondary N) is 3. The van der Waals surface area contributed by atoms with Crippen LogP contribution in [0.25, 0.3) is 5.95 Å². The third-order valence-corrected chi connectivity index (χ3v) is 5.33. The number of nitrogens with zero attached hydrogens (tertiary/aromatic N) is 4. The lowest BCUT2D eigenvalue weighted by atomic mass is 10.0. The first-order valence-electron chi connectivity index (χ1n) is 11.6. The van der Waals surface area contributed by atoms with Crippen LogP contribution in [0.15, 0.2) is 59.7 Å². The SMILES string of the molecule is COc1cc(OCC(F)F)cc(C(Nc2ccc(C(=N)N)c(OC(C)=O)c2)c2nn(-c3ncccn3)c(=O)[nH]2)c1. The zero-order valence-electron chi connectivity index (χ0n) is 21.2. The van der Waals surface area contributed by atoms with Crippen LogP contribution in [-0.2, 0) is 4.79 Å². The zero-order valence-corrected chi connectivity index (χ0v) is 21.2. The van der Waals surface area contributed by atoms with Crippen molar-refractivity contribution >= 4 is 17.5 Å². The van der Waals surface area contributed by atoms with Crippen molar-refractivity contribution in [2.45, 2.75) is 19.4 Å². The minimum absolute atomic E-state index is 0.0169. The molecule has 2 aromatic heterocycles. The van der Waals surface area contributed by atoms with Gasteiger partial charge in [-0.15, -0.1) is 9.78 Å². The number of aromatic amines is 1. The van der Waals surface area contributed by atoms with Gasteiger partial charge in [0, 0.05) is 37.1 Å². The van der Waals surface area contributed by atoms with E-state index >= 15 is 0 Å². The van der Waals surface area contributed by atoms with Crippen LogP contribution in [0, 0.1) is 5.41 Å². The molecule has 40 heavy (non-hydrogen) atoms. The van der Waals surface area contributed by atoms with Gasteiger partial charge in [0.15, 0.2) is 5.82 Å². The summed E-state index contributed by atoms with van der Waals surface area (Å²) < 4.78 is 42.4. The lowest BCUT2D eigenvalue weighted by Crippen LogP contribution is -2.18. The van der Waals surface area contributed by atoms with E-state index < -0.39 is 30.7 Å². The van der Waals surface area contributed by atoms with Crippen LogP contribution >= 0.6 is 0 Å². The van der Waals surface area contributed by atoms with Crippen molar-refractivity contribution in [3.63, 3.8) is 0 Å². The fourth-order valence-corrected chi connectivity index (χ4v) is 3.68. The molecule has 1 unspecified atom stereocenters. The number of methoxy groups -OCH3 is 1. The lowest BCUT2D eigenvalue weighted by Gasteiger charge is -2.21. The average Bonchev–Trinajstić information content (AvgIpc) is 3.31. The summed E-state index contributed by atoms with van der Waals surface area (Å²) in [6.45, 7) is 0.354. The van der Waals surface area contributed by atoms with E-state index in [1.54, 1.807) is 18.2 Å². The number of H-pyrrole nitrogens is 1. The topological polar surface area (TPSA) is 183 Å². The first-order chi connectivity index (χ1) is 19.1. The van der Waals surface area contributed by atoms with E-state index in [0.717, 1.165) is 4.68 Å². The number of benzene rings is 2. The van der Waals surface area contributed by atoms with E-state index in [4.69, 9.17) is 25.4 Å². The number of aromatic nitrogens is 5. The molecule has 2 heterocycles. The summed E-state index contributed by atoms with van der Waals surface area (Å²) in [5.41, 5.74) is 5.94. The molecule has 13 nitrogen and oxygen atoms in total. The van der Waals surface area contributed by atoms with Crippen molar-refractivity contribution in [2.75, 3.05) is 19.0 Å². The van der Waals surface area contributed by atoms with Gasteiger partial charge in [0.2, 0.25) is 0 Å². The van der Waals surface area contributed by atoms with Crippen LogP contribution in [0.1, 0.15) is 29.9 Å². The van der Waals surface area contributed by atoms with Gasteiger partial charge in [-0.3, -0.25) is 15.2 Å². The number of esters is 1. The summed E-state index contributed by atoms with van der Waals surface area (Å²) in [6, 6.07) is 9.64. The number of carbonyl (C=O) groups is 1. The van der Waals surface area contributed by atoms with Crippen LogP contribution in [0.2, 0.25) is 0 Å². The van der Waals surface area contributed by atoms with Crippen LogP contribution in [0.5, 0.6) is 17.2 Å². The zero-order chi connectivity index (χ0) is 28.8. The van der Waals surface area contributed by atoms with Gasteiger partial charge < -0.3 is 25.3 Å². The number of amidine groups is 1. The van der Waals surface area contributed by atoms with Gasteiger partial charge in [-0.2, -0.15) is 0 Å². The molecule has 15 heteroatoms. The summed E-state index contributed by atoms with van der Waals surface area (Å²) in [5.74, 6) is -0.448. The number of anilines is 1. The lowest BCUT2D eigenvalue weighted by molar-refractivity contribution is -0.131. The molecule has 0 fully saturated rings. The molecular weight excluding hydrogens is 530 g/mol. The fraction of sp³-hybridized carbons (Fsp3) is 0.200. The van der Waals surface area contributed by atoms with E-state index in [1.807, 2.05) is 0 Å². The van der Waals surface area contributed by atoms with Crippen molar-refractivity contribution in [3.8, 4) is 23.2 Å². The normalized spacial score (nSPS) is 11.6. The molecule has 0 amide bonds. The maximum atomic E-state index is 12.8. The van der Waals surface area contributed by atoms with E-state index in [-0.39, 0.29) is 40.4 Å². The summed E-state index contributed by atoms with van der Waals surface area (Å²) in [7, 11) is 1.40. The molecule has 2 aromatic carbocycles. The second-order valence-corrected chi connectivity index (χ2v) is 8.22. The van der Waals surface area contributed by atoms with Gasteiger partial charge in [-0.05, 0) is 35.9 Å². The van der Waals surface area contributed by atoms with E-state index in [2.05, 4.69) is 25.4 Å². The number of hydrogen-bond donors (Lipinski definition) is 4. The minimum Gasteiger partial charge on any atom is -0.497 e. The van der Waals surface area contributed by atoms with Crippen molar-refractivity contribution in [1.82, 2.24) is 24.7 Å². The Kier molecular flexibility index (Phi) is 8.32. The van der Waals surface area contributed by atoms with Gasteiger partial charge in [0.25, 0.3) is 12.4 Å². The molecule has 0 aliphatic carbocycles. The third kappa shape index (κ3) is 6.56. The van der Waals surface area contributed by atoms with Gasteiger partial charge >= 0.3 is 11.7 Å². The highest BCUT2D eigenvalue weighted by Gasteiger charge is 2.24. The van der Waals surface area contributed by atoms with E-state index in [1.165, 1.54) is 50.7 Å². The Hall–Kier alpha value is -5.34. The molecule has 0 aliphatic rings. The molecule has 1 atom stereocenters. The number of carbonyl (C=O) groups excluding carboxylic acids is 1. The van der Waals surface area contributed by atoms with Gasteiger partial charge in [-0.1, -0.05) is 0 Å². The number of alkyl halides is 2. The maximum absolute atomic E-state index is 12.8. The number of hydrogen-bond acceptors (Lipinski definition) is 10. The molecule has 5 N–H and O–H groups in total. The largest absolute Gasteiger partial charge is 0.497 e. The molecule has 0 aliphatic heterocycles. The summed E-state index contributed by atoms with van der Waals surface area (Å²) in [5, 5.41) is 15.3. The van der Waals surface area contributed by atoms with Crippen LogP contribution < -0.4 is 31.0 Å². The molecule has 0 radical (unpaired) electrons. The molecule has 0 saturated carbocycles. The maximum Gasteiger partial charge on any atom is 0.350 e. The van der Waals surface area contributed by atoms with Crippen molar-refractivity contribution < 1.29 is 27.8 Å². The monoisotopic (exact) mass is 554 g/mol. The molecule has 0 saturated heterocycles. The van der Waals surface area contributed by atoms with Crippen LogP contribution in [-0.4, -0.2) is 56.7 Å². The van der Waals surface area contributed by atoms with E-state index in [0.29, 0.717) is 11.3 Å². The first-order valence-corrected chi connectivity index (χ1v) is 11.6. The third-order valence-electron chi connectivity index (χ3n) is 5.33. The number of halogens is 2. The minimum atomic E-state index is -2.71. The molecule has 208 valence electrons. The Bertz CT molecular complexity index is 1580. The van der Waals surface area contributed by atoms with Crippen LogP contribution in [0.3, 0.4) is 0 Å². The Morgan fingerprint density at radius 3 is 2.55 bits per heavy atom. The number of rotatable bonds is 11. The predicted molar refractivity (Wildman–Crippen MR) is 139 cm³/mol. The van der Waals surface area contributed by atoms with Crippen LogP contribution in [0.4, 0.5) is 14.5 Å². The second kappa shape index (κ2) is 12.0. The quantitative estimate of drug-likeness (QED) is 0.0929. The highest BCUT2D eigenvalue weighted by molar-refractivity contribution is 5.98. The standard InChI is InChI=1S/C25H24F2N8O5/c1-13(36)40-19-10-15(4-5-18(19)22(28)29)32-21(14-8-16(38-2)11-17(9-14)39-12-20(26)27)23-33-25(37)35(34-23)24-30-6-3-7-31-24/h3-11,20-21,32H,12H2,1-2H3,(H3,28,29)(H,33,34,37). The summed E-state index contributed by atoms with van der Waals surface area (Å²) in [6.07, 6.45) is 0.183. The average molecular weight is 555 g/mol. The van der Waals surface area contributed by atoms with E-state index in [9.17, 15) is 18.4 Å². The van der Waals surface area contributed by atoms with Gasteiger partial charge in [0.1, 0.15) is 35.7 Å². The van der Waals surface area contributed by atoms with Crippen molar-refractivity contribution in [3.05, 3.63) is 82.3 Å². The first kappa shape index (κ1) is 27.7. The second-order valence-electron chi connectivity index (χ2n) is 8.22. The van der Waals surface area contributed by atoms with Gasteiger partial charge in [-0.25, -0.2) is 23.5 Å². The smallest absolute Gasteiger partial charge is 0.350 e. The molecule has 4 aromatic rings. The molecule has 4 rings (SSSR count). The van der Waals surface area contributed by atoms with Crippen molar-refractivity contribution in [1.29, 1.82) is 5.41 Å². The molecular formula is C25H24F2N8O5. The Balaban J connectivity index is 1.83. The molecule has 0 spiro atoms. The Morgan fingerprint density at radius 2 is 1.90 bits per heavy atom.